The van der Waals surface area contributed by atoms with Gasteiger partial charge in [0.2, 0.25) is 0 Å². The highest BCUT2D eigenvalue weighted by atomic mass is 16.5. The molecule has 1 fully saturated rings. The molecule has 0 aliphatic heterocycles. The fourth-order valence-electron chi connectivity index (χ4n) is 2.83. The van der Waals surface area contributed by atoms with Crippen molar-refractivity contribution < 1.29 is 4.74 Å². The summed E-state index contributed by atoms with van der Waals surface area (Å²) >= 11 is 0. The first-order valence-corrected chi connectivity index (χ1v) is 7.13. The number of ether oxygens (including phenoxy) is 1. The van der Waals surface area contributed by atoms with Gasteiger partial charge in [0.15, 0.2) is 0 Å². The zero-order valence-electron chi connectivity index (χ0n) is 11.8. The minimum Gasteiger partial charge on any atom is -0.489 e. The van der Waals surface area contributed by atoms with Gasteiger partial charge in [-0.25, -0.2) is 0 Å². The summed E-state index contributed by atoms with van der Waals surface area (Å²) in [6, 6.07) is 8.89. The number of nitrogens with one attached hydrogen (secondary N) is 1. The largest absolute Gasteiger partial charge is 0.489 e. The molecule has 0 aromatic heterocycles. The lowest BCUT2D eigenvalue weighted by Gasteiger charge is -2.35. The third-order valence-electron chi connectivity index (χ3n) is 4.16. The van der Waals surface area contributed by atoms with Gasteiger partial charge in [-0.2, -0.15) is 0 Å². The quantitative estimate of drug-likeness (QED) is 0.878. The molecule has 0 spiro atoms. The minimum absolute atomic E-state index is 0.316. The molecule has 1 aliphatic carbocycles. The van der Waals surface area contributed by atoms with Crippen molar-refractivity contribution in [3.05, 3.63) is 29.8 Å². The first kappa shape index (κ1) is 13.4. The molecule has 1 aliphatic rings. The van der Waals surface area contributed by atoms with Gasteiger partial charge in [0.1, 0.15) is 11.9 Å². The Bertz CT molecular complexity index is 360. The SMILES string of the molecule is CCC1CCC(NC)C(Oc2ccc(C)cc2)C1. The van der Waals surface area contributed by atoms with Gasteiger partial charge in [-0.15, -0.1) is 0 Å². The van der Waals surface area contributed by atoms with Crippen molar-refractivity contribution in [2.24, 2.45) is 5.92 Å². The predicted octanol–water partition coefficient (Wildman–Crippen LogP) is 3.54. The second-order valence-electron chi connectivity index (χ2n) is 5.45. The molecule has 0 heterocycles. The van der Waals surface area contributed by atoms with Crippen LogP contribution in [0.2, 0.25) is 0 Å². The van der Waals surface area contributed by atoms with Crippen molar-refractivity contribution in [3.8, 4) is 5.75 Å². The molecule has 1 saturated carbocycles. The molecule has 18 heavy (non-hydrogen) atoms. The van der Waals surface area contributed by atoms with Gasteiger partial charge >= 0.3 is 0 Å². The summed E-state index contributed by atoms with van der Waals surface area (Å²) in [6.07, 6.45) is 5.32. The number of hydrogen-bond acceptors (Lipinski definition) is 2. The van der Waals surface area contributed by atoms with E-state index in [1.54, 1.807) is 0 Å². The van der Waals surface area contributed by atoms with E-state index in [9.17, 15) is 0 Å². The van der Waals surface area contributed by atoms with Crippen LogP contribution in [0.15, 0.2) is 24.3 Å². The van der Waals surface area contributed by atoms with Gasteiger partial charge in [-0.05, 0) is 51.3 Å². The Balaban J connectivity index is 2.02. The molecular formula is C16H25NO. The van der Waals surface area contributed by atoms with Crippen LogP contribution in [0.1, 0.15) is 38.2 Å². The Morgan fingerprint density at radius 1 is 1.22 bits per heavy atom. The molecule has 100 valence electrons. The average Bonchev–Trinajstić information content (AvgIpc) is 2.41. The fourth-order valence-corrected chi connectivity index (χ4v) is 2.83. The van der Waals surface area contributed by atoms with E-state index in [0.29, 0.717) is 12.1 Å². The van der Waals surface area contributed by atoms with Gasteiger partial charge in [0, 0.05) is 6.04 Å². The molecule has 1 aromatic rings. The highest BCUT2D eigenvalue weighted by Gasteiger charge is 2.30. The van der Waals surface area contributed by atoms with Crippen molar-refractivity contribution in [1.82, 2.24) is 5.32 Å². The number of benzene rings is 1. The maximum absolute atomic E-state index is 6.18. The lowest BCUT2D eigenvalue weighted by atomic mass is 9.82. The zero-order chi connectivity index (χ0) is 13.0. The van der Waals surface area contributed by atoms with Crippen LogP contribution in [-0.2, 0) is 0 Å². The molecule has 2 heteroatoms. The van der Waals surface area contributed by atoms with Crippen molar-refractivity contribution in [2.45, 2.75) is 51.7 Å². The summed E-state index contributed by atoms with van der Waals surface area (Å²) in [7, 11) is 2.04. The van der Waals surface area contributed by atoms with E-state index in [2.05, 4.69) is 43.4 Å². The standard InChI is InChI=1S/C16H25NO/c1-4-13-7-10-15(17-3)16(11-13)18-14-8-5-12(2)6-9-14/h5-6,8-9,13,15-17H,4,7,10-11H2,1-3H3. The third kappa shape index (κ3) is 3.26. The van der Waals surface area contributed by atoms with Crippen LogP contribution in [0.3, 0.4) is 0 Å². The zero-order valence-corrected chi connectivity index (χ0v) is 11.8. The molecule has 2 rings (SSSR count). The highest BCUT2D eigenvalue weighted by molar-refractivity contribution is 5.26. The van der Waals surface area contributed by atoms with Crippen LogP contribution in [0.25, 0.3) is 0 Å². The Hall–Kier alpha value is -1.02. The Kier molecular flexibility index (Phi) is 4.65. The number of rotatable bonds is 4. The first-order valence-electron chi connectivity index (χ1n) is 7.13. The molecule has 1 N–H and O–H groups in total. The van der Waals surface area contributed by atoms with Crippen LogP contribution in [-0.4, -0.2) is 19.2 Å². The third-order valence-corrected chi connectivity index (χ3v) is 4.16. The Labute approximate surface area is 111 Å². The van der Waals surface area contributed by atoms with Crippen LogP contribution >= 0.6 is 0 Å². The summed E-state index contributed by atoms with van der Waals surface area (Å²) in [5.41, 5.74) is 1.28. The summed E-state index contributed by atoms with van der Waals surface area (Å²) in [5.74, 6) is 1.83. The van der Waals surface area contributed by atoms with E-state index < -0.39 is 0 Å². The molecule has 0 saturated heterocycles. The van der Waals surface area contributed by atoms with E-state index in [0.717, 1.165) is 11.7 Å². The summed E-state index contributed by atoms with van der Waals surface area (Å²) < 4.78 is 6.18. The number of likely N-dealkylation sites (N-methyl/N-ethyl adjacent to an activating group) is 1. The Morgan fingerprint density at radius 2 is 1.94 bits per heavy atom. The van der Waals surface area contributed by atoms with Crippen molar-refractivity contribution in [2.75, 3.05) is 7.05 Å². The van der Waals surface area contributed by atoms with Crippen LogP contribution in [0.5, 0.6) is 5.75 Å². The molecule has 1 aromatic carbocycles. The van der Waals surface area contributed by atoms with Gasteiger partial charge in [0.25, 0.3) is 0 Å². The average molecular weight is 247 g/mol. The maximum Gasteiger partial charge on any atom is 0.119 e. The van der Waals surface area contributed by atoms with E-state index in [1.807, 2.05) is 7.05 Å². The predicted molar refractivity (Wildman–Crippen MR) is 76.1 cm³/mol. The number of aryl methyl sites for hydroxylation is 1. The fraction of sp³-hybridized carbons (Fsp3) is 0.625. The van der Waals surface area contributed by atoms with E-state index >= 15 is 0 Å². The second kappa shape index (κ2) is 6.24. The lowest BCUT2D eigenvalue weighted by molar-refractivity contribution is 0.0883. The molecule has 0 amide bonds. The molecule has 3 unspecified atom stereocenters. The number of hydrogen-bond donors (Lipinski definition) is 1. The van der Waals surface area contributed by atoms with Crippen molar-refractivity contribution in [1.29, 1.82) is 0 Å². The van der Waals surface area contributed by atoms with Gasteiger partial charge in [-0.3, -0.25) is 0 Å². The summed E-state index contributed by atoms with van der Waals surface area (Å²) in [4.78, 5) is 0. The normalized spacial score (nSPS) is 28.1. The summed E-state index contributed by atoms with van der Waals surface area (Å²) in [6.45, 7) is 4.39. The minimum atomic E-state index is 0.316. The monoisotopic (exact) mass is 247 g/mol. The van der Waals surface area contributed by atoms with Crippen molar-refractivity contribution >= 4 is 0 Å². The molecule has 3 atom stereocenters. The van der Waals surface area contributed by atoms with Gasteiger partial charge in [-0.1, -0.05) is 31.0 Å². The highest BCUT2D eigenvalue weighted by Crippen LogP contribution is 2.30. The van der Waals surface area contributed by atoms with Crippen LogP contribution in [0.4, 0.5) is 0 Å². The van der Waals surface area contributed by atoms with E-state index in [1.165, 1.54) is 31.2 Å². The molecular weight excluding hydrogens is 222 g/mol. The van der Waals surface area contributed by atoms with Crippen LogP contribution < -0.4 is 10.1 Å². The topological polar surface area (TPSA) is 21.3 Å². The molecule has 0 bridgehead atoms. The van der Waals surface area contributed by atoms with Crippen LogP contribution in [0, 0.1) is 12.8 Å². The molecule has 2 nitrogen and oxygen atoms in total. The van der Waals surface area contributed by atoms with Crippen molar-refractivity contribution in [3.63, 3.8) is 0 Å². The van der Waals surface area contributed by atoms with E-state index in [-0.39, 0.29) is 0 Å². The lowest BCUT2D eigenvalue weighted by Crippen LogP contribution is -2.45. The molecule has 0 radical (unpaired) electrons. The Morgan fingerprint density at radius 3 is 2.56 bits per heavy atom. The maximum atomic E-state index is 6.18. The smallest absolute Gasteiger partial charge is 0.119 e. The second-order valence-corrected chi connectivity index (χ2v) is 5.45. The first-order chi connectivity index (χ1) is 8.72. The van der Waals surface area contributed by atoms with Gasteiger partial charge in [0.05, 0.1) is 0 Å². The van der Waals surface area contributed by atoms with E-state index in [4.69, 9.17) is 4.74 Å². The summed E-state index contributed by atoms with van der Waals surface area (Å²) in [5, 5.41) is 3.41. The van der Waals surface area contributed by atoms with Gasteiger partial charge < -0.3 is 10.1 Å².